The van der Waals surface area contributed by atoms with Crippen molar-refractivity contribution in [2.75, 3.05) is 33.7 Å². The van der Waals surface area contributed by atoms with Crippen LogP contribution in [0.25, 0.3) is 0 Å². The molecule has 0 saturated heterocycles. The molecule has 1 atom stereocenters. The van der Waals surface area contributed by atoms with Crippen LogP contribution in [0.1, 0.15) is 29.8 Å². The van der Waals surface area contributed by atoms with Gasteiger partial charge in [-0.1, -0.05) is 55.8 Å². The summed E-state index contributed by atoms with van der Waals surface area (Å²) in [6, 6.07) is 14.7. The van der Waals surface area contributed by atoms with Crippen LogP contribution in [0.4, 0.5) is 0 Å². The molecule has 164 valence electrons. The summed E-state index contributed by atoms with van der Waals surface area (Å²) in [7, 11) is 0.349. The Hall–Kier alpha value is -1.93. The van der Waals surface area contributed by atoms with Crippen molar-refractivity contribution in [3.8, 4) is 0 Å². The van der Waals surface area contributed by atoms with E-state index < -0.39 is 10.0 Å². The van der Waals surface area contributed by atoms with Gasteiger partial charge in [-0.25, -0.2) is 8.42 Å². The van der Waals surface area contributed by atoms with E-state index in [0.29, 0.717) is 19.6 Å². The van der Waals surface area contributed by atoms with Gasteiger partial charge in [0.2, 0.25) is 10.0 Å². The van der Waals surface area contributed by atoms with Gasteiger partial charge in [0.15, 0.2) is 0 Å². The van der Waals surface area contributed by atoms with Crippen molar-refractivity contribution in [3.05, 3.63) is 64.7 Å². The number of carbonyl (C=O) groups is 1. The zero-order valence-corrected chi connectivity index (χ0v) is 19.6. The number of amides is 1. The number of carbonyl (C=O) groups excluding carboxylic acids is 1. The van der Waals surface area contributed by atoms with Crippen LogP contribution in [0.15, 0.2) is 53.4 Å². The van der Waals surface area contributed by atoms with E-state index in [1.807, 2.05) is 18.2 Å². The third kappa shape index (κ3) is 6.04. The maximum atomic E-state index is 12.9. The maximum absolute atomic E-state index is 12.9. The Morgan fingerprint density at radius 2 is 1.73 bits per heavy atom. The van der Waals surface area contributed by atoms with Gasteiger partial charge in [0.05, 0.1) is 25.7 Å². The molecule has 0 bridgehead atoms. The predicted octanol–water partition coefficient (Wildman–Crippen LogP) is 1.86. The van der Waals surface area contributed by atoms with Crippen LogP contribution in [0.5, 0.6) is 0 Å². The van der Waals surface area contributed by atoms with Crippen LogP contribution in [0.2, 0.25) is 5.02 Å². The Kier molecular flexibility index (Phi) is 8.85. The summed E-state index contributed by atoms with van der Waals surface area (Å²) in [6.45, 7) is 4.66. The lowest BCUT2D eigenvalue weighted by molar-refractivity contribution is -0.884. The standard InChI is InChI=1S/C22H30ClN3O3S/c1-5-26(6-2)30(28,29)21-15-18(12-13-20(21)23)22(27)24-16-19(25(3)4)14-17-10-8-7-9-11-17/h7-13,15,19H,5-6,14,16H2,1-4H3,(H,24,27)/p+1/t19-/m0/s1. The number of sulfonamides is 1. The van der Waals surface area contributed by atoms with Gasteiger partial charge in [-0.15, -0.1) is 0 Å². The summed E-state index contributed by atoms with van der Waals surface area (Å²) in [5.74, 6) is -0.318. The fourth-order valence-electron chi connectivity index (χ4n) is 3.24. The van der Waals surface area contributed by atoms with Crippen LogP contribution in [-0.4, -0.2) is 58.4 Å². The Bertz CT molecular complexity index is 945. The highest BCUT2D eigenvalue weighted by molar-refractivity contribution is 7.89. The highest BCUT2D eigenvalue weighted by atomic mass is 35.5. The molecule has 0 aliphatic carbocycles. The Labute approximate surface area is 184 Å². The van der Waals surface area contributed by atoms with Gasteiger partial charge in [-0.05, 0) is 23.8 Å². The van der Waals surface area contributed by atoms with Crippen LogP contribution < -0.4 is 10.2 Å². The molecule has 0 aromatic heterocycles. The van der Waals surface area contributed by atoms with Crippen molar-refractivity contribution in [1.29, 1.82) is 0 Å². The predicted molar refractivity (Wildman–Crippen MR) is 121 cm³/mol. The van der Waals surface area contributed by atoms with Gasteiger partial charge in [0.25, 0.3) is 5.91 Å². The van der Waals surface area contributed by atoms with Gasteiger partial charge < -0.3 is 10.2 Å². The lowest BCUT2D eigenvalue weighted by Gasteiger charge is -2.22. The highest BCUT2D eigenvalue weighted by Crippen LogP contribution is 2.25. The van der Waals surface area contributed by atoms with Crippen molar-refractivity contribution in [2.24, 2.45) is 0 Å². The molecule has 0 fully saturated rings. The fourth-order valence-corrected chi connectivity index (χ4v) is 5.20. The van der Waals surface area contributed by atoms with E-state index in [2.05, 4.69) is 31.5 Å². The average molecular weight is 453 g/mol. The lowest BCUT2D eigenvalue weighted by Crippen LogP contribution is -3.11. The van der Waals surface area contributed by atoms with E-state index in [0.717, 1.165) is 6.42 Å². The van der Waals surface area contributed by atoms with Gasteiger partial charge in [0.1, 0.15) is 10.9 Å². The summed E-state index contributed by atoms with van der Waals surface area (Å²) in [6.07, 6.45) is 0.825. The van der Waals surface area contributed by atoms with Crippen LogP contribution in [0, 0.1) is 0 Å². The van der Waals surface area contributed by atoms with Crippen molar-refractivity contribution in [2.45, 2.75) is 31.2 Å². The molecule has 30 heavy (non-hydrogen) atoms. The molecule has 0 heterocycles. The number of halogens is 1. The molecule has 2 aromatic carbocycles. The van der Waals surface area contributed by atoms with Crippen molar-refractivity contribution >= 4 is 27.5 Å². The second kappa shape index (κ2) is 10.9. The second-order valence-corrected chi connectivity index (χ2v) is 9.72. The van der Waals surface area contributed by atoms with E-state index in [1.165, 1.54) is 26.9 Å². The SMILES string of the molecule is CCN(CC)S(=O)(=O)c1cc(C(=O)NC[C@H](Cc2ccccc2)[NH+](C)C)ccc1Cl. The molecule has 2 N–H and O–H groups in total. The minimum Gasteiger partial charge on any atom is -0.346 e. The topological polar surface area (TPSA) is 70.9 Å². The molecule has 2 aromatic rings. The molecule has 0 saturated carbocycles. The smallest absolute Gasteiger partial charge is 0.251 e. The molecule has 8 heteroatoms. The monoisotopic (exact) mass is 452 g/mol. The largest absolute Gasteiger partial charge is 0.346 e. The second-order valence-electron chi connectivity index (χ2n) is 7.41. The molecule has 2 rings (SSSR count). The average Bonchev–Trinajstić information content (AvgIpc) is 2.72. The number of rotatable bonds is 10. The van der Waals surface area contributed by atoms with E-state index in [9.17, 15) is 13.2 Å². The van der Waals surface area contributed by atoms with E-state index in [1.54, 1.807) is 19.9 Å². The number of hydrogen-bond acceptors (Lipinski definition) is 3. The minimum absolute atomic E-state index is 0.0420. The third-order valence-corrected chi connectivity index (χ3v) is 7.70. The van der Waals surface area contributed by atoms with Crippen LogP contribution in [0.3, 0.4) is 0 Å². The Morgan fingerprint density at radius 3 is 2.30 bits per heavy atom. The number of hydrogen-bond donors (Lipinski definition) is 2. The molecular formula is C22H31ClN3O3S+. The van der Waals surface area contributed by atoms with Crippen molar-refractivity contribution < 1.29 is 18.1 Å². The maximum Gasteiger partial charge on any atom is 0.251 e. The molecule has 0 unspecified atom stereocenters. The molecule has 0 radical (unpaired) electrons. The zero-order chi connectivity index (χ0) is 22.3. The fraction of sp³-hybridized carbons (Fsp3) is 0.409. The van der Waals surface area contributed by atoms with E-state index in [-0.39, 0.29) is 27.4 Å². The molecule has 0 aliphatic heterocycles. The summed E-state index contributed by atoms with van der Waals surface area (Å²) < 4.78 is 27.0. The molecule has 0 aliphatic rings. The third-order valence-electron chi connectivity index (χ3n) is 5.17. The van der Waals surface area contributed by atoms with Gasteiger partial charge in [0, 0.05) is 25.1 Å². The molecule has 0 spiro atoms. The summed E-state index contributed by atoms with van der Waals surface area (Å²) in [4.78, 5) is 13.9. The first-order chi connectivity index (χ1) is 14.2. The number of likely N-dealkylation sites (N-methyl/N-ethyl adjacent to an activating group) is 1. The number of nitrogens with one attached hydrogen (secondary N) is 2. The quantitative estimate of drug-likeness (QED) is 0.578. The number of benzene rings is 2. The normalized spacial score (nSPS) is 12.9. The Balaban J connectivity index is 2.17. The van der Waals surface area contributed by atoms with Gasteiger partial charge in [-0.3, -0.25) is 4.79 Å². The number of quaternary nitrogens is 1. The molecule has 1 amide bonds. The van der Waals surface area contributed by atoms with Gasteiger partial charge in [-0.2, -0.15) is 4.31 Å². The first-order valence-corrected chi connectivity index (χ1v) is 11.9. The molecular weight excluding hydrogens is 422 g/mol. The Morgan fingerprint density at radius 1 is 1.10 bits per heavy atom. The summed E-state index contributed by atoms with van der Waals surface area (Å²) in [5, 5.41) is 3.05. The summed E-state index contributed by atoms with van der Waals surface area (Å²) >= 11 is 6.16. The van der Waals surface area contributed by atoms with Crippen molar-refractivity contribution in [3.63, 3.8) is 0 Å². The minimum atomic E-state index is -3.76. The first-order valence-electron chi connectivity index (χ1n) is 10.1. The number of nitrogens with zero attached hydrogens (tertiary/aromatic N) is 1. The zero-order valence-electron chi connectivity index (χ0n) is 18.0. The van der Waals surface area contributed by atoms with Crippen LogP contribution >= 0.6 is 11.6 Å². The van der Waals surface area contributed by atoms with Crippen molar-refractivity contribution in [1.82, 2.24) is 9.62 Å². The van der Waals surface area contributed by atoms with Crippen LogP contribution in [-0.2, 0) is 16.4 Å². The van der Waals surface area contributed by atoms with Gasteiger partial charge >= 0.3 is 0 Å². The van der Waals surface area contributed by atoms with E-state index >= 15 is 0 Å². The first kappa shape index (κ1) is 24.3. The lowest BCUT2D eigenvalue weighted by atomic mass is 10.1. The van der Waals surface area contributed by atoms with E-state index in [4.69, 9.17) is 11.6 Å². The highest BCUT2D eigenvalue weighted by Gasteiger charge is 2.26. The molecule has 6 nitrogen and oxygen atoms in total. The summed E-state index contributed by atoms with van der Waals surface area (Å²) in [5.41, 5.74) is 1.48.